The molecule has 0 aromatic heterocycles. The maximum atomic E-state index is 13.0. The lowest BCUT2D eigenvalue weighted by Crippen LogP contribution is -2.29. The normalized spacial score (nSPS) is 16.0. The molecule has 0 atom stereocenters. The van der Waals surface area contributed by atoms with Crippen LogP contribution < -0.4 is 10.6 Å². The van der Waals surface area contributed by atoms with Crippen molar-refractivity contribution >= 4 is 23.2 Å². The van der Waals surface area contributed by atoms with Gasteiger partial charge in [-0.05, 0) is 98.3 Å². The summed E-state index contributed by atoms with van der Waals surface area (Å²) in [6, 6.07) is 21.8. The summed E-state index contributed by atoms with van der Waals surface area (Å²) in [7, 11) is 0. The Morgan fingerprint density at radius 1 is 0.886 bits per heavy atom. The van der Waals surface area contributed by atoms with Gasteiger partial charge in [0.1, 0.15) is 0 Å². The molecule has 5 heteroatoms. The number of piperidine rings is 1. The second-order valence-corrected chi connectivity index (χ2v) is 9.82. The van der Waals surface area contributed by atoms with Crippen LogP contribution in [0, 0.1) is 12.8 Å². The number of nitrogens with zero attached hydrogens (tertiary/aromatic N) is 1. The first-order valence-electron chi connectivity index (χ1n) is 12.7. The Bertz CT molecular complexity index is 1210. The van der Waals surface area contributed by atoms with E-state index in [1.165, 1.54) is 19.3 Å². The van der Waals surface area contributed by atoms with E-state index in [2.05, 4.69) is 28.5 Å². The molecule has 0 radical (unpaired) electrons. The lowest BCUT2D eigenvalue weighted by atomic mass is 9.98. The van der Waals surface area contributed by atoms with Crippen molar-refractivity contribution in [3.63, 3.8) is 0 Å². The third-order valence-corrected chi connectivity index (χ3v) is 7.02. The van der Waals surface area contributed by atoms with Crippen molar-refractivity contribution in [2.24, 2.45) is 5.92 Å². The summed E-state index contributed by atoms with van der Waals surface area (Å²) >= 11 is 0. The van der Waals surface area contributed by atoms with Crippen LogP contribution in [0.2, 0.25) is 0 Å². The number of anilines is 2. The maximum absolute atomic E-state index is 13.0. The van der Waals surface area contributed by atoms with Crippen molar-refractivity contribution in [1.29, 1.82) is 0 Å². The van der Waals surface area contributed by atoms with Crippen molar-refractivity contribution < 1.29 is 9.59 Å². The molecule has 5 rings (SSSR count). The zero-order valence-corrected chi connectivity index (χ0v) is 20.3. The number of hydrogen-bond donors (Lipinski definition) is 2. The summed E-state index contributed by atoms with van der Waals surface area (Å²) in [6.45, 7) is 5.16. The Morgan fingerprint density at radius 3 is 2.37 bits per heavy atom. The number of amides is 2. The quantitative estimate of drug-likeness (QED) is 0.432. The van der Waals surface area contributed by atoms with Crippen molar-refractivity contribution in [3.05, 3.63) is 83.4 Å². The smallest absolute Gasteiger partial charge is 0.255 e. The Morgan fingerprint density at radius 2 is 1.63 bits per heavy atom. The first kappa shape index (κ1) is 23.3. The summed E-state index contributed by atoms with van der Waals surface area (Å²) in [5.74, 6) is 0.166. The molecule has 3 aromatic rings. The minimum Gasteiger partial charge on any atom is -0.326 e. The molecule has 3 aromatic carbocycles. The molecule has 1 aliphatic carbocycles. The van der Waals surface area contributed by atoms with Crippen molar-refractivity contribution in [3.8, 4) is 11.1 Å². The number of para-hydroxylation sites is 1. The predicted molar refractivity (Wildman–Crippen MR) is 141 cm³/mol. The first-order valence-corrected chi connectivity index (χ1v) is 12.7. The lowest BCUT2D eigenvalue weighted by molar-refractivity contribution is -0.117. The molecule has 1 heterocycles. The molecular weight excluding hydrogens is 434 g/mol. The van der Waals surface area contributed by atoms with Crippen molar-refractivity contribution in [2.45, 2.75) is 45.6 Å². The number of nitrogens with one attached hydrogen (secondary N) is 2. The zero-order chi connectivity index (χ0) is 24.2. The van der Waals surface area contributed by atoms with Gasteiger partial charge in [-0.1, -0.05) is 42.8 Å². The molecular formula is C30H33N3O2. The standard InChI is InChI=1S/C30H33N3O2/c1-21-9-16-26(31-29(34)23-14-15-23)19-27(21)22-10-12-24(13-11-22)30(35)32-28-8-4-3-7-25(28)20-33-17-5-2-6-18-33/h3-4,7-13,16,19,23H,2,5-6,14-15,17-18,20H2,1H3,(H,31,34)(H,32,35). The Kier molecular flexibility index (Phi) is 6.96. The Balaban J connectivity index is 1.28. The fraction of sp³-hybridized carbons (Fsp3) is 0.333. The average Bonchev–Trinajstić information content (AvgIpc) is 3.73. The van der Waals surface area contributed by atoms with Crippen LogP contribution in [0.25, 0.3) is 11.1 Å². The van der Waals surface area contributed by atoms with Crippen LogP contribution in [-0.4, -0.2) is 29.8 Å². The number of carbonyl (C=O) groups excluding carboxylic acids is 2. The lowest BCUT2D eigenvalue weighted by Gasteiger charge is -2.27. The van der Waals surface area contributed by atoms with E-state index in [9.17, 15) is 9.59 Å². The number of aryl methyl sites for hydroxylation is 1. The van der Waals surface area contributed by atoms with Gasteiger partial charge >= 0.3 is 0 Å². The number of likely N-dealkylation sites (tertiary alicyclic amines) is 1. The van der Waals surface area contributed by atoms with Crippen LogP contribution >= 0.6 is 0 Å². The van der Waals surface area contributed by atoms with E-state index in [0.717, 1.165) is 66.1 Å². The minimum absolute atomic E-state index is 0.104. The van der Waals surface area contributed by atoms with E-state index in [1.807, 2.05) is 60.7 Å². The number of carbonyl (C=O) groups is 2. The minimum atomic E-state index is -0.107. The van der Waals surface area contributed by atoms with Gasteiger partial charge in [0.25, 0.3) is 5.91 Å². The van der Waals surface area contributed by atoms with Crippen molar-refractivity contribution in [1.82, 2.24) is 4.90 Å². The molecule has 1 aliphatic heterocycles. The van der Waals surface area contributed by atoms with Gasteiger partial charge < -0.3 is 10.6 Å². The van der Waals surface area contributed by atoms with Gasteiger partial charge in [0, 0.05) is 29.4 Å². The molecule has 2 aliphatic rings. The van der Waals surface area contributed by atoms with E-state index < -0.39 is 0 Å². The van der Waals surface area contributed by atoms with Crippen LogP contribution in [0.15, 0.2) is 66.7 Å². The zero-order valence-electron chi connectivity index (χ0n) is 20.3. The highest BCUT2D eigenvalue weighted by Crippen LogP contribution is 2.32. The Labute approximate surface area is 207 Å². The molecule has 2 N–H and O–H groups in total. The second-order valence-electron chi connectivity index (χ2n) is 9.82. The average molecular weight is 468 g/mol. The van der Waals surface area contributed by atoms with E-state index in [-0.39, 0.29) is 17.7 Å². The van der Waals surface area contributed by atoms with Gasteiger partial charge in [-0.25, -0.2) is 0 Å². The molecule has 5 nitrogen and oxygen atoms in total. The Hall–Kier alpha value is -3.44. The van der Waals surface area contributed by atoms with Crippen LogP contribution in [-0.2, 0) is 11.3 Å². The largest absolute Gasteiger partial charge is 0.326 e. The SMILES string of the molecule is Cc1ccc(NC(=O)C2CC2)cc1-c1ccc(C(=O)Nc2ccccc2CN2CCCCC2)cc1. The number of rotatable bonds is 7. The molecule has 0 spiro atoms. The van der Waals surface area contributed by atoms with Gasteiger partial charge in [0.15, 0.2) is 0 Å². The summed E-state index contributed by atoms with van der Waals surface area (Å²) in [4.78, 5) is 27.7. The third kappa shape index (κ3) is 5.80. The summed E-state index contributed by atoms with van der Waals surface area (Å²) in [5.41, 5.74) is 6.66. The molecule has 0 bridgehead atoms. The molecule has 180 valence electrons. The monoisotopic (exact) mass is 467 g/mol. The molecule has 1 saturated carbocycles. The topological polar surface area (TPSA) is 61.4 Å². The second kappa shape index (κ2) is 10.4. The third-order valence-electron chi connectivity index (χ3n) is 7.02. The van der Waals surface area contributed by atoms with Crippen LogP contribution in [0.4, 0.5) is 11.4 Å². The van der Waals surface area contributed by atoms with Gasteiger partial charge in [0.2, 0.25) is 5.91 Å². The van der Waals surface area contributed by atoms with Crippen LogP contribution in [0.5, 0.6) is 0 Å². The van der Waals surface area contributed by atoms with Gasteiger partial charge in [-0.2, -0.15) is 0 Å². The molecule has 2 amide bonds. The first-order chi connectivity index (χ1) is 17.1. The number of benzene rings is 3. The predicted octanol–water partition coefficient (Wildman–Crippen LogP) is 6.25. The molecule has 2 fully saturated rings. The van der Waals surface area contributed by atoms with Gasteiger partial charge in [0.05, 0.1) is 0 Å². The summed E-state index contributed by atoms with van der Waals surface area (Å²) < 4.78 is 0. The molecule has 1 saturated heterocycles. The van der Waals surface area contributed by atoms with E-state index in [1.54, 1.807) is 0 Å². The molecule has 0 unspecified atom stereocenters. The summed E-state index contributed by atoms with van der Waals surface area (Å²) in [6.07, 6.45) is 5.77. The number of hydrogen-bond acceptors (Lipinski definition) is 3. The van der Waals surface area contributed by atoms with Crippen LogP contribution in [0.3, 0.4) is 0 Å². The fourth-order valence-electron chi connectivity index (χ4n) is 4.73. The van der Waals surface area contributed by atoms with Gasteiger partial charge in [-0.15, -0.1) is 0 Å². The highest BCUT2D eigenvalue weighted by Gasteiger charge is 2.29. The van der Waals surface area contributed by atoms with E-state index in [4.69, 9.17) is 0 Å². The van der Waals surface area contributed by atoms with Crippen molar-refractivity contribution in [2.75, 3.05) is 23.7 Å². The fourth-order valence-corrected chi connectivity index (χ4v) is 4.73. The highest BCUT2D eigenvalue weighted by atomic mass is 16.2. The van der Waals surface area contributed by atoms with Crippen LogP contribution in [0.1, 0.15) is 53.6 Å². The summed E-state index contributed by atoms with van der Waals surface area (Å²) in [5, 5.41) is 6.15. The van der Waals surface area contributed by atoms with Gasteiger partial charge in [-0.3, -0.25) is 14.5 Å². The molecule has 35 heavy (non-hydrogen) atoms. The highest BCUT2D eigenvalue weighted by molar-refractivity contribution is 6.05. The van der Waals surface area contributed by atoms with E-state index in [0.29, 0.717) is 5.56 Å². The van der Waals surface area contributed by atoms with E-state index >= 15 is 0 Å². The maximum Gasteiger partial charge on any atom is 0.255 e.